The summed E-state index contributed by atoms with van der Waals surface area (Å²) in [7, 11) is -3.23. The number of rotatable bonds is 3. The van der Waals surface area contributed by atoms with E-state index in [0.29, 0.717) is 5.75 Å². The van der Waals surface area contributed by atoms with Gasteiger partial charge >= 0.3 is 10.2 Å². The van der Waals surface area contributed by atoms with E-state index in [1.165, 1.54) is 19.4 Å². The summed E-state index contributed by atoms with van der Waals surface area (Å²) in [4.78, 5) is 16.7. The quantitative estimate of drug-likeness (QED) is 0.750. The average molecular weight is 274 g/mol. The van der Waals surface area contributed by atoms with Gasteiger partial charge in [-0.3, -0.25) is 9.69 Å². The van der Waals surface area contributed by atoms with Gasteiger partial charge in [0.2, 0.25) is 5.91 Å². The summed E-state index contributed by atoms with van der Waals surface area (Å²) in [5, 5.41) is -1.31. The van der Waals surface area contributed by atoms with Crippen LogP contribution in [0.5, 0.6) is 5.75 Å². The number of pyridine rings is 1. The maximum Gasteiger partial charge on any atom is 0.307 e. The van der Waals surface area contributed by atoms with Crippen LogP contribution in [0.25, 0.3) is 0 Å². The van der Waals surface area contributed by atoms with Crippen LogP contribution in [0.2, 0.25) is 0 Å². The molecule has 1 aliphatic heterocycles. The minimum absolute atomic E-state index is 0.211. The number of halogens is 1. The van der Waals surface area contributed by atoms with Gasteiger partial charge in [-0.25, -0.2) is 4.98 Å². The molecule has 1 atom stereocenters. The number of ether oxygens (including phenoxy) is 1. The van der Waals surface area contributed by atoms with E-state index in [1.54, 1.807) is 6.07 Å². The van der Waals surface area contributed by atoms with Gasteiger partial charge in [0.25, 0.3) is 0 Å². The lowest BCUT2D eigenvalue weighted by Gasteiger charge is -2.14. The highest BCUT2D eigenvalue weighted by molar-refractivity contribution is 7.87. The minimum Gasteiger partial charge on any atom is -0.495 e. The van der Waals surface area contributed by atoms with Gasteiger partial charge in [-0.2, -0.15) is 8.42 Å². The largest absolute Gasteiger partial charge is 0.495 e. The smallest absolute Gasteiger partial charge is 0.307 e. The zero-order valence-corrected chi connectivity index (χ0v) is 10.4. The van der Waals surface area contributed by atoms with Crippen molar-refractivity contribution in [1.29, 1.82) is 0 Å². The first-order chi connectivity index (χ1) is 8.41. The Kier molecular flexibility index (Phi) is 3.20. The number of nitrogens with zero attached hydrogens (tertiary/aromatic N) is 2. The number of anilines is 1. The normalized spacial score (nSPS) is 20.2. The highest BCUT2D eigenvalue weighted by atomic mass is 32.3. The molecule has 6 nitrogen and oxygen atoms in total. The van der Waals surface area contributed by atoms with E-state index < -0.39 is 21.4 Å². The lowest BCUT2D eigenvalue weighted by molar-refractivity contribution is -0.117. The van der Waals surface area contributed by atoms with Crippen LogP contribution < -0.4 is 9.64 Å². The minimum atomic E-state index is -4.70. The van der Waals surface area contributed by atoms with E-state index in [1.807, 2.05) is 0 Å². The molecule has 0 radical (unpaired) electrons. The topological polar surface area (TPSA) is 76.6 Å². The first-order valence-electron chi connectivity index (χ1n) is 5.15. The van der Waals surface area contributed by atoms with E-state index in [-0.39, 0.29) is 18.8 Å². The summed E-state index contributed by atoms with van der Waals surface area (Å²) in [5.74, 6) is 0.339. The Morgan fingerprint density at radius 3 is 2.67 bits per heavy atom. The lowest BCUT2D eigenvalue weighted by atomic mass is 10.4. The Hall–Kier alpha value is -1.70. The third-order valence-electron chi connectivity index (χ3n) is 2.72. The second kappa shape index (κ2) is 4.52. The number of aromatic nitrogens is 1. The SMILES string of the molecule is COc1ccc(N2CC(S(=O)(=O)F)CC2=O)nc1. The standard InChI is InChI=1S/C10H11FN2O4S/c1-17-7-2-3-9(12-5-7)13-6-8(4-10(13)14)18(11,15)16/h2-3,5,8H,4,6H2,1H3. The molecule has 2 heterocycles. The molecule has 0 aliphatic carbocycles. The number of carbonyl (C=O) groups excluding carboxylic acids is 1. The Bertz CT molecular complexity index is 558. The van der Waals surface area contributed by atoms with Gasteiger partial charge in [0.15, 0.2) is 0 Å². The van der Waals surface area contributed by atoms with Crippen molar-refractivity contribution in [3.63, 3.8) is 0 Å². The van der Waals surface area contributed by atoms with Crippen molar-refractivity contribution in [2.45, 2.75) is 11.7 Å². The molecule has 1 aliphatic rings. The van der Waals surface area contributed by atoms with Gasteiger partial charge in [0.1, 0.15) is 16.8 Å². The molecule has 1 unspecified atom stereocenters. The molecule has 8 heteroatoms. The Morgan fingerprint density at radius 2 is 2.22 bits per heavy atom. The average Bonchev–Trinajstić information content (AvgIpc) is 2.71. The van der Waals surface area contributed by atoms with Crippen molar-refractivity contribution in [1.82, 2.24) is 4.98 Å². The third kappa shape index (κ3) is 2.42. The zero-order valence-electron chi connectivity index (χ0n) is 9.54. The molecule has 1 aromatic rings. The van der Waals surface area contributed by atoms with Crippen LogP contribution >= 0.6 is 0 Å². The van der Waals surface area contributed by atoms with Crippen LogP contribution in [0.3, 0.4) is 0 Å². The molecule has 1 saturated heterocycles. The van der Waals surface area contributed by atoms with Gasteiger partial charge in [-0.05, 0) is 12.1 Å². The summed E-state index contributed by atoms with van der Waals surface area (Å²) >= 11 is 0. The van der Waals surface area contributed by atoms with E-state index in [2.05, 4.69) is 4.98 Å². The van der Waals surface area contributed by atoms with E-state index in [4.69, 9.17) is 4.74 Å². The highest BCUT2D eigenvalue weighted by Crippen LogP contribution is 2.25. The molecule has 1 aromatic heterocycles. The van der Waals surface area contributed by atoms with Crippen LogP contribution in [0, 0.1) is 0 Å². The molecule has 2 rings (SSSR count). The molecule has 1 fully saturated rings. The molecule has 0 spiro atoms. The first-order valence-corrected chi connectivity index (χ1v) is 6.60. The summed E-state index contributed by atoms with van der Waals surface area (Å²) in [6.45, 7) is -0.211. The predicted octanol–water partition coefficient (Wildman–Crippen LogP) is 0.495. The number of amides is 1. The van der Waals surface area contributed by atoms with Gasteiger partial charge in [0.05, 0.1) is 13.3 Å². The molecular weight excluding hydrogens is 263 g/mol. The molecule has 0 saturated carbocycles. The van der Waals surface area contributed by atoms with Crippen molar-refractivity contribution in [3.8, 4) is 5.75 Å². The maximum absolute atomic E-state index is 12.8. The molecule has 0 N–H and O–H groups in total. The summed E-state index contributed by atoms with van der Waals surface area (Å²) in [6, 6.07) is 3.11. The molecule has 1 amide bonds. The Balaban J connectivity index is 2.21. The predicted molar refractivity (Wildman–Crippen MR) is 61.6 cm³/mol. The number of carbonyl (C=O) groups is 1. The van der Waals surface area contributed by atoms with Crippen molar-refractivity contribution < 1.29 is 21.8 Å². The fourth-order valence-corrected chi connectivity index (χ4v) is 2.41. The molecule has 98 valence electrons. The van der Waals surface area contributed by atoms with Crippen LogP contribution in [-0.4, -0.2) is 38.2 Å². The monoisotopic (exact) mass is 274 g/mol. The first kappa shape index (κ1) is 12.7. The Labute approximate surface area is 104 Å². The Morgan fingerprint density at radius 1 is 1.50 bits per heavy atom. The van der Waals surface area contributed by atoms with Crippen LogP contribution in [0.15, 0.2) is 18.3 Å². The fraction of sp³-hybridized carbons (Fsp3) is 0.400. The van der Waals surface area contributed by atoms with E-state index in [9.17, 15) is 17.1 Å². The van der Waals surface area contributed by atoms with Gasteiger partial charge in [0, 0.05) is 13.0 Å². The number of methoxy groups -OCH3 is 1. The second-order valence-electron chi connectivity index (χ2n) is 3.86. The van der Waals surface area contributed by atoms with Gasteiger partial charge < -0.3 is 4.74 Å². The molecule has 18 heavy (non-hydrogen) atoms. The summed E-state index contributed by atoms with van der Waals surface area (Å²) in [6.07, 6.45) is 1.05. The van der Waals surface area contributed by atoms with E-state index in [0.717, 1.165) is 4.90 Å². The summed E-state index contributed by atoms with van der Waals surface area (Å²) in [5.41, 5.74) is 0. The molecule has 0 aromatic carbocycles. The van der Waals surface area contributed by atoms with Crippen molar-refractivity contribution in [2.24, 2.45) is 0 Å². The maximum atomic E-state index is 12.8. The third-order valence-corrected chi connectivity index (χ3v) is 3.83. The van der Waals surface area contributed by atoms with Gasteiger partial charge in [-0.1, -0.05) is 0 Å². The zero-order chi connectivity index (χ0) is 13.3. The number of hydrogen-bond donors (Lipinski definition) is 0. The highest BCUT2D eigenvalue weighted by Gasteiger charge is 2.39. The second-order valence-corrected chi connectivity index (χ2v) is 5.48. The molecule has 0 bridgehead atoms. The van der Waals surface area contributed by atoms with Crippen LogP contribution in [-0.2, 0) is 15.0 Å². The van der Waals surface area contributed by atoms with Crippen LogP contribution in [0.1, 0.15) is 6.42 Å². The van der Waals surface area contributed by atoms with Crippen LogP contribution in [0.4, 0.5) is 9.70 Å². The fourth-order valence-electron chi connectivity index (χ4n) is 1.74. The van der Waals surface area contributed by atoms with Crippen molar-refractivity contribution in [3.05, 3.63) is 18.3 Å². The van der Waals surface area contributed by atoms with Crippen molar-refractivity contribution >= 4 is 21.9 Å². The van der Waals surface area contributed by atoms with Gasteiger partial charge in [-0.15, -0.1) is 3.89 Å². The lowest BCUT2D eigenvalue weighted by Crippen LogP contribution is -2.27. The molecular formula is C10H11FN2O4S. The van der Waals surface area contributed by atoms with E-state index >= 15 is 0 Å². The number of hydrogen-bond acceptors (Lipinski definition) is 5. The summed E-state index contributed by atoms with van der Waals surface area (Å²) < 4.78 is 39.3. The van der Waals surface area contributed by atoms with Crippen molar-refractivity contribution in [2.75, 3.05) is 18.6 Å².